The van der Waals surface area contributed by atoms with Gasteiger partial charge in [-0.25, -0.2) is 0 Å². The molecule has 0 fully saturated rings. The summed E-state index contributed by atoms with van der Waals surface area (Å²) in [5, 5.41) is 2.93. The second kappa shape index (κ2) is 6.84. The van der Waals surface area contributed by atoms with Gasteiger partial charge < -0.3 is 10.1 Å². The van der Waals surface area contributed by atoms with Crippen molar-refractivity contribution < 1.29 is 9.53 Å². The van der Waals surface area contributed by atoms with E-state index in [1.807, 2.05) is 32.9 Å². The first kappa shape index (κ1) is 14.3. The van der Waals surface area contributed by atoms with Gasteiger partial charge in [-0.1, -0.05) is 19.6 Å². The van der Waals surface area contributed by atoms with Crippen molar-refractivity contribution in [1.29, 1.82) is 0 Å². The molecule has 1 N–H and O–H groups in total. The SMILES string of the molecule is C=C(C)COc1cccc(C(=O)N[C@H](C)CC)c1. The molecule has 1 aromatic rings. The molecule has 3 nitrogen and oxygen atoms in total. The largest absolute Gasteiger partial charge is 0.489 e. The molecule has 0 spiro atoms. The Morgan fingerprint density at radius 3 is 2.83 bits per heavy atom. The lowest BCUT2D eigenvalue weighted by Gasteiger charge is -2.12. The van der Waals surface area contributed by atoms with Gasteiger partial charge in [0.1, 0.15) is 12.4 Å². The van der Waals surface area contributed by atoms with E-state index in [4.69, 9.17) is 4.74 Å². The summed E-state index contributed by atoms with van der Waals surface area (Å²) in [5.41, 5.74) is 1.57. The molecule has 0 saturated heterocycles. The van der Waals surface area contributed by atoms with Gasteiger partial charge in [-0.3, -0.25) is 4.79 Å². The van der Waals surface area contributed by atoms with Crippen LogP contribution >= 0.6 is 0 Å². The highest BCUT2D eigenvalue weighted by molar-refractivity contribution is 5.94. The van der Waals surface area contributed by atoms with Crippen molar-refractivity contribution in [3.05, 3.63) is 42.0 Å². The van der Waals surface area contributed by atoms with Crippen LogP contribution in [0.1, 0.15) is 37.6 Å². The number of carbonyl (C=O) groups excluding carboxylic acids is 1. The number of carbonyl (C=O) groups is 1. The van der Waals surface area contributed by atoms with Crippen LogP contribution in [0.4, 0.5) is 0 Å². The van der Waals surface area contributed by atoms with Crippen LogP contribution in [0.15, 0.2) is 36.4 Å². The summed E-state index contributed by atoms with van der Waals surface area (Å²) >= 11 is 0. The first-order valence-electron chi connectivity index (χ1n) is 6.21. The zero-order valence-electron chi connectivity index (χ0n) is 11.3. The Bertz CT molecular complexity index is 426. The van der Waals surface area contributed by atoms with Crippen LogP contribution in [0.2, 0.25) is 0 Å². The lowest BCUT2D eigenvalue weighted by molar-refractivity contribution is 0.0939. The molecule has 0 aliphatic heterocycles. The minimum atomic E-state index is -0.0647. The summed E-state index contributed by atoms with van der Waals surface area (Å²) in [6.07, 6.45) is 0.914. The minimum Gasteiger partial charge on any atom is -0.489 e. The third kappa shape index (κ3) is 4.62. The molecule has 1 atom stereocenters. The number of benzene rings is 1. The zero-order valence-corrected chi connectivity index (χ0v) is 11.3. The Balaban J connectivity index is 2.69. The van der Waals surface area contributed by atoms with Crippen LogP contribution < -0.4 is 10.1 Å². The Kier molecular flexibility index (Phi) is 5.43. The molecule has 1 aromatic carbocycles. The summed E-state index contributed by atoms with van der Waals surface area (Å²) in [6.45, 7) is 10.2. The van der Waals surface area contributed by atoms with Gasteiger partial charge in [0.2, 0.25) is 0 Å². The standard InChI is InChI=1S/C15H21NO2/c1-5-12(4)16-15(17)13-7-6-8-14(9-13)18-10-11(2)3/h6-9,12H,2,5,10H2,1,3-4H3,(H,16,17)/t12-/m1/s1. The van der Waals surface area contributed by atoms with Gasteiger partial charge in [-0.05, 0) is 44.0 Å². The number of amides is 1. The van der Waals surface area contributed by atoms with Crippen LogP contribution in [-0.4, -0.2) is 18.6 Å². The lowest BCUT2D eigenvalue weighted by atomic mass is 10.1. The fraction of sp³-hybridized carbons (Fsp3) is 0.400. The fourth-order valence-corrected chi connectivity index (χ4v) is 1.34. The third-order valence-electron chi connectivity index (χ3n) is 2.57. The van der Waals surface area contributed by atoms with Gasteiger partial charge in [-0.2, -0.15) is 0 Å². The zero-order chi connectivity index (χ0) is 13.5. The molecule has 0 aliphatic rings. The maximum absolute atomic E-state index is 11.9. The molecule has 0 aliphatic carbocycles. The topological polar surface area (TPSA) is 38.3 Å². The van der Waals surface area contributed by atoms with Crippen LogP contribution in [0.3, 0.4) is 0 Å². The number of hydrogen-bond acceptors (Lipinski definition) is 2. The van der Waals surface area contributed by atoms with Crippen molar-refractivity contribution in [1.82, 2.24) is 5.32 Å². The highest BCUT2D eigenvalue weighted by atomic mass is 16.5. The van der Waals surface area contributed by atoms with Gasteiger partial charge in [0.15, 0.2) is 0 Å². The maximum Gasteiger partial charge on any atom is 0.251 e. The molecular formula is C15H21NO2. The number of hydrogen-bond donors (Lipinski definition) is 1. The lowest BCUT2D eigenvalue weighted by Crippen LogP contribution is -2.31. The predicted octanol–water partition coefficient (Wildman–Crippen LogP) is 3.17. The van der Waals surface area contributed by atoms with Gasteiger partial charge in [-0.15, -0.1) is 0 Å². The highest BCUT2D eigenvalue weighted by Gasteiger charge is 2.09. The molecule has 18 heavy (non-hydrogen) atoms. The van der Waals surface area contributed by atoms with E-state index in [1.54, 1.807) is 12.1 Å². The summed E-state index contributed by atoms with van der Waals surface area (Å²) in [7, 11) is 0. The van der Waals surface area contributed by atoms with Gasteiger partial charge in [0.25, 0.3) is 5.91 Å². The quantitative estimate of drug-likeness (QED) is 0.784. The fourth-order valence-electron chi connectivity index (χ4n) is 1.34. The Labute approximate surface area is 109 Å². The maximum atomic E-state index is 11.9. The summed E-state index contributed by atoms with van der Waals surface area (Å²) in [4.78, 5) is 11.9. The average molecular weight is 247 g/mol. The second-order valence-corrected chi connectivity index (χ2v) is 4.56. The van der Waals surface area contributed by atoms with E-state index in [0.717, 1.165) is 12.0 Å². The van der Waals surface area contributed by atoms with Crippen molar-refractivity contribution in [3.8, 4) is 5.75 Å². The molecule has 0 heterocycles. The molecule has 0 unspecified atom stereocenters. The van der Waals surface area contributed by atoms with Gasteiger partial charge >= 0.3 is 0 Å². The summed E-state index contributed by atoms with van der Waals surface area (Å²) in [5.74, 6) is 0.625. The number of nitrogens with one attached hydrogen (secondary N) is 1. The van der Waals surface area contributed by atoms with Crippen molar-refractivity contribution in [2.24, 2.45) is 0 Å². The van der Waals surface area contributed by atoms with Crippen LogP contribution in [-0.2, 0) is 0 Å². The van der Waals surface area contributed by atoms with Crippen molar-refractivity contribution in [2.45, 2.75) is 33.2 Å². The normalized spacial score (nSPS) is 11.7. The van der Waals surface area contributed by atoms with E-state index >= 15 is 0 Å². The van der Waals surface area contributed by atoms with Crippen LogP contribution in [0, 0.1) is 0 Å². The van der Waals surface area contributed by atoms with Crippen LogP contribution in [0.5, 0.6) is 5.75 Å². The molecule has 98 valence electrons. The Morgan fingerprint density at radius 2 is 2.22 bits per heavy atom. The van der Waals surface area contributed by atoms with E-state index in [2.05, 4.69) is 11.9 Å². The summed E-state index contributed by atoms with van der Waals surface area (Å²) < 4.78 is 5.51. The van der Waals surface area contributed by atoms with E-state index < -0.39 is 0 Å². The molecule has 0 bridgehead atoms. The number of ether oxygens (including phenoxy) is 1. The van der Waals surface area contributed by atoms with E-state index in [-0.39, 0.29) is 11.9 Å². The molecule has 3 heteroatoms. The predicted molar refractivity (Wildman–Crippen MR) is 74.0 cm³/mol. The smallest absolute Gasteiger partial charge is 0.251 e. The Hall–Kier alpha value is -1.77. The first-order valence-corrected chi connectivity index (χ1v) is 6.21. The highest BCUT2D eigenvalue weighted by Crippen LogP contribution is 2.14. The summed E-state index contributed by atoms with van der Waals surface area (Å²) in [6, 6.07) is 7.37. The monoisotopic (exact) mass is 247 g/mol. The molecule has 1 rings (SSSR count). The van der Waals surface area contributed by atoms with E-state index in [9.17, 15) is 4.79 Å². The van der Waals surface area contributed by atoms with Gasteiger partial charge in [0, 0.05) is 11.6 Å². The minimum absolute atomic E-state index is 0.0647. The molecule has 0 saturated carbocycles. The first-order chi connectivity index (χ1) is 8.52. The second-order valence-electron chi connectivity index (χ2n) is 4.56. The van der Waals surface area contributed by atoms with E-state index in [1.165, 1.54) is 0 Å². The molecule has 0 aromatic heterocycles. The third-order valence-corrected chi connectivity index (χ3v) is 2.57. The Morgan fingerprint density at radius 1 is 1.50 bits per heavy atom. The molecule has 0 radical (unpaired) electrons. The van der Waals surface area contributed by atoms with Crippen LogP contribution in [0.25, 0.3) is 0 Å². The van der Waals surface area contributed by atoms with E-state index in [0.29, 0.717) is 17.9 Å². The van der Waals surface area contributed by atoms with Crippen molar-refractivity contribution >= 4 is 5.91 Å². The molecule has 1 amide bonds. The number of rotatable bonds is 6. The van der Waals surface area contributed by atoms with Crippen molar-refractivity contribution in [2.75, 3.05) is 6.61 Å². The van der Waals surface area contributed by atoms with Gasteiger partial charge in [0.05, 0.1) is 0 Å². The molecular weight excluding hydrogens is 226 g/mol. The average Bonchev–Trinajstić information content (AvgIpc) is 2.36. The van der Waals surface area contributed by atoms with Crippen molar-refractivity contribution in [3.63, 3.8) is 0 Å².